The third kappa shape index (κ3) is 3.58. The molecule has 0 saturated carbocycles. The van der Waals surface area contributed by atoms with E-state index in [2.05, 4.69) is 10.6 Å². The van der Waals surface area contributed by atoms with Crippen molar-refractivity contribution in [2.45, 2.75) is 58.5 Å². The zero-order valence-electron chi connectivity index (χ0n) is 14.7. The Morgan fingerprint density at radius 1 is 1.29 bits per heavy atom. The van der Waals surface area contributed by atoms with E-state index in [0.717, 1.165) is 23.3 Å². The van der Waals surface area contributed by atoms with Crippen LogP contribution in [-0.4, -0.2) is 34.3 Å². The Bertz CT molecular complexity index is 641. The first-order valence-corrected chi connectivity index (χ1v) is 8.32. The largest absolute Gasteiger partial charge is 0.325 e. The van der Waals surface area contributed by atoms with Gasteiger partial charge in [-0.1, -0.05) is 37.5 Å². The number of nitrogens with one attached hydrogen (secondary N) is 2. The van der Waals surface area contributed by atoms with Crippen molar-refractivity contribution < 1.29 is 14.4 Å². The lowest BCUT2D eigenvalue weighted by Gasteiger charge is -2.24. The zero-order valence-corrected chi connectivity index (χ0v) is 14.7. The van der Waals surface area contributed by atoms with Crippen LogP contribution < -0.4 is 10.6 Å². The molecule has 1 aliphatic rings. The lowest BCUT2D eigenvalue weighted by molar-refractivity contribution is -0.136. The number of anilines is 1. The normalized spacial score (nSPS) is 21.6. The Hall–Kier alpha value is -2.37. The molecule has 4 amide bonds. The lowest BCUT2D eigenvalue weighted by atomic mass is 9.95. The molecule has 0 bridgehead atoms. The molecular formula is C18H25N3O3. The van der Waals surface area contributed by atoms with Gasteiger partial charge in [0.15, 0.2) is 0 Å². The Morgan fingerprint density at radius 2 is 1.92 bits per heavy atom. The van der Waals surface area contributed by atoms with Gasteiger partial charge in [0.05, 0.1) is 0 Å². The van der Waals surface area contributed by atoms with Gasteiger partial charge in [-0.2, -0.15) is 0 Å². The predicted molar refractivity (Wildman–Crippen MR) is 92.6 cm³/mol. The van der Waals surface area contributed by atoms with Crippen molar-refractivity contribution in [1.29, 1.82) is 0 Å². The first-order chi connectivity index (χ1) is 11.3. The summed E-state index contributed by atoms with van der Waals surface area (Å²) in [6.07, 6.45) is 2.33. The van der Waals surface area contributed by atoms with Crippen LogP contribution in [0.2, 0.25) is 0 Å². The quantitative estimate of drug-likeness (QED) is 0.787. The van der Waals surface area contributed by atoms with Crippen molar-refractivity contribution in [2.75, 3.05) is 5.32 Å². The molecule has 2 rings (SSSR count). The van der Waals surface area contributed by atoms with Crippen molar-refractivity contribution in [3.05, 3.63) is 29.8 Å². The van der Waals surface area contributed by atoms with Gasteiger partial charge in [0.1, 0.15) is 11.6 Å². The molecule has 6 heteroatoms. The number of rotatable bonds is 6. The summed E-state index contributed by atoms with van der Waals surface area (Å²) in [4.78, 5) is 38.3. The third-order valence-corrected chi connectivity index (χ3v) is 4.41. The number of aryl methyl sites for hydroxylation is 1. The molecule has 2 N–H and O–H groups in total. The lowest BCUT2D eigenvalue weighted by Crippen LogP contribution is -2.48. The highest BCUT2D eigenvalue weighted by atomic mass is 16.2. The summed E-state index contributed by atoms with van der Waals surface area (Å²) >= 11 is 0. The smallest absolute Gasteiger partial charge is 0.324 e. The number of benzene rings is 1. The molecule has 1 heterocycles. The van der Waals surface area contributed by atoms with Crippen LogP contribution in [0.1, 0.15) is 45.6 Å². The van der Waals surface area contributed by atoms with Crippen molar-refractivity contribution in [3.63, 3.8) is 0 Å². The number of unbranched alkanes of at least 4 members (excludes halogenated alkanes) is 1. The fourth-order valence-electron chi connectivity index (χ4n) is 2.76. The average molecular weight is 331 g/mol. The summed E-state index contributed by atoms with van der Waals surface area (Å²) in [6, 6.07) is 5.97. The van der Waals surface area contributed by atoms with Gasteiger partial charge >= 0.3 is 6.03 Å². The van der Waals surface area contributed by atoms with E-state index >= 15 is 0 Å². The van der Waals surface area contributed by atoms with E-state index in [1.54, 1.807) is 26.0 Å². The summed E-state index contributed by atoms with van der Waals surface area (Å²) < 4.78 is 0. The third-order valence-electron chi connectivity index (χ3n) is 4.41. The van der Waals surface area contributed by atoms with Crippen LogP contribution in [0, 0.1) is 6.92 Å². The molecule has 1 fully saturated rings. The molecule has 0 spiro atoms. The van der Waals surface area contributed by atoms with Gasteiger partial charge < -0.3 is 10.6 Å². The van der Waals surface area contributed by atoms with Crippen molar-refractivity contribution in [3.8, 4) is 0 Å². The van der Waals surface area contributed by atoms with E-state index in [-0.39, 0.29) is 11.8 Å². The molecular weight excluding hydrogens is 306 g/mol. The average Bonchev–Trinajstić information content (AvgIpc) is 2.76. The van der Waals surface area contributed by atoms with E-state index < -0.39 is 17.6 Å². The maximum Gasteiger partial charge on any atom is 0.325 e. The first-order valence-electron chi connectivity index (χ1n) is 8.32. The highest BCUT2D eigenvalue weighted by Crippen LogP contribution is 2.25. The molecule has 24 heavy (non-hydrogen) atoms. The standard InChI is InChI=1S/C18H25N3O3/c1-5-6-11-18(4)16(23)21(17(24)20-18)13(3)15(22)19-14-9-7-12(2)8-10-14/h7-10,13H,5-6,11H2,1-4H3,(H,19,22)(H,20,24)/t13-,18+/m0/s1. The van der Waals surface area contributed by atoms with E-state index in [1.165, 1.54) is 0 Å². The molecule has 130 valence electrons. The second-order valence-corrected chi connectivity index (χ2v) is 6.57. The minimum atomic E-state index is -0.925. The predicted octanol–water partition coefficient (Wildman–Crippen LogP) is 2.82. The van der Waals surface area contributed by atoms with Crippen LogP contribution in [0.4, 0.5) is 10.5 Å². The van der Waals surface area contributed by atoms with E-state index in [1.807, 2.05) is 26.0 Å². The maximum absolute atomic E-state index is 12.6. The van der Waals surface area contributed by atoms with Gasteiger partial charge in [0.25, 0.3) is 5.91 Å². The highest BCUT2D eigenvalue weighted by Gasteiger charge is 2.50. The van der Waals surface area contributed by atoms with Gasteiger partial charge in [-0.3, -0.25) is 9.59 Å². The summed E-state index contributed by atoms with van der Waals surface area (Å²) in [7, 11) is 0. The molecule has 2 atom stereocenters. The zero-order chi connectivity index (χ0) is 17.9. The molecule has 1 aromatic rings. The van der Waals surface area contributed by atoms with Gasteiger partial charge in [0, 0.05) is 5.69 Å². The topological polar surface area (TPSA) is 78.5 Å². The van der Waals surface area contributed by atoms with Crippen molar-refractivity contribution >= 4 is 23.5 Å². The molecule has 0 unspecified atom stereocenters. The summed E-state index contributed by atoms with van der Waals surface area (Å²) in [5.74, 6) is -0.727. The number of hydrogen-bond acceptors (Lipinski definition) is 3. The molecule has 1 saturated heterocycles. The number of nitrogens with zero attached hydrogens (tertiary/aromatic N) is 1. The Labute approximate surface area is 142 Å². The maximum atomic E-state index is 12.6. The van der Waals surface area contributed by atoms with E-state index in [0.29, 0.717) is 12.1 Å². The molecule has 0 radical (unpaired) electrons. The van der Waals surface area contributed by atoms with Crippen molar-refractivity contribution in [2.24, 2.45) is 0 Å². The number of imide groups is 1. The summed E-state index contributed by atoms with van der Waals surface area (Å²) in [6.45, 7) is 7.26. The summed E-state index contributed by atoms with van der Waals surface area (Å²) in [5.41, 5.74) is 0.797. The SMILES string of the molecule is CCCC[C@@]1(C)NC(=O)N([C@@H](C)C(=O)Nc2ccc(C)cc2)C1=O. The van der Waals surface area contributed by atoms with Crippen LogP contribution in [0.15, 0.2) is 24.3 Å². The molecule has 1 aromatic carbocycles. The van der Waals surface area contributed by atoms with Gasteiger partial charge in [-0.25, -0.2) is 9.69 Å². The van der Waals surface area contributed by atoms with Gasteiger partial charge in [-0.05, 0) is 39.3 Å². The van der Waals surface area contributed by atoms with Crippen LogP contribution in [0.25, 0.3) is 0 Å². The van der Waals surface area contributed by atoms with Crippen LogP contribution in [0.5, 0.6) is 0 Å². The number of carbonyl (C=O) groups excluding carboxylic acids is 3. The number of urea groups is 1. The minimum Gasteiger partial charge on any atom is -0.324 e. The van der Waals surface area contributed by atoms with Gasteiger partial charge in [-0.15, -0.1) is 0 Å². The number of carbonyl (C=O) groups is 3. The van der Waals surface area contributed by atoms with Crippen molar-refractivity contribution in [1.82, 2.24) is 10.2 Å². The Kier molecular flexibility index (Phi) is 5.26. The number of hydrogen-bond donors (Lipinski definition) is 2. The number of amides is 4. The first kappa shape index (κ1) is 18.0. The Balaban J connectivity index is 2.09. The minimum absolute atomic E-state index is 0.340. The second-order valence-electron chi connectivity index (χ2n) is 6.57. The molecule has 1 aliphatic heterocycles. The van der Waals surface area contributed by atoms with E-state index in [4.69, 9.17) is 0 Å². The molecule has 0 aliphatic carbocycles. The fraction of sp³-hybridized carbons (Fsp3) is 0.500. The second kappa shape index (κ2) is 7.03. The Morgan fingerprint density at radius 3 is 2.50 bits per heavy atom. The van der Waals surface area contributed by atoms with E-state index in [9.17, 15) is 14.4 Å². The summed E-state index contributed by atoms with van der Waals surface area (Å²) in [5, 5.41) is 5.47. The van der Waals surface area contributed by atoms with Crippen LogP contribution >= 0.6 is 0 Å². The van der Waals surface area contributed by atoms with Crippen LogP contribution in [-0.2, 0) is 9.59 Å². The monoisotopic (exact) mass is 331 g/mol. The molecule has 6 nitrogen and oxygen atoms in total. The molecule has 0 aromatic heterocycles. The highest BCUT2D eigenvalue weighted by molar-refractivity contribution is 6.10. The van der Waals surface area contributed by atoms with Crippen LogP contribution in [0.3, 0.4) is 0 Å². The van der Waals surface area contributed by atoms with Gasteiger partial charge in [0.2, 0.25) is 5.91 Å². The fourth-order valence-corrected chi connectivity index (χ4v) is 2.76.